The monoisotopic (exact) mass is 284 g/mol. The van der Waals surface area contributed by atoms with Crippen LogP contribution < -0.4 is 4.74 Å². The lowest BCUT2D eigenvalue weighted by molar-refractivity contribution is 0.0689. The van der Waals surface area contributed by atoms with E-state index in [1.54, 1.807) is 7.05 Å². The molecule has 1 N–H and O–H groups in total. The second kappa shape index (κ2) is 4.89. The molecule has 100 valence electrons. The van der Waals surface area contributed by atoms with E-state index < -0.39 is 11.8 Å². The molecule has 1 aromatic heterocycles. The van der Waals surface area contributed by atoms with Crippen LogP contribution in [0.3, 0.4) is 0 Å². The number of methoxy groups -OCH3 is 1. The Morgan fingerprint density at radius 2 is 2.16 bits per heavy atom. The maximum absolute atomic E-state index is 13.5. The second-order valence-electron chi connectivity index (χ2n) is 3.81. The summed E-state index contributed by atoms with van der Waals surface area (Å²) in [7, 11) is 2.92. The SMILES string of the molecule is COc1cc(F)cc(-c2cc(C(=O)O)nn2C)c1Cl. The molecule has 5 nitrogen and oxygen atoms in total. The van der Waals surface area contributed by atoms with Crippen molar-refractivity contribution < 1.29 is 19.0 Å². The molecule has 0 bridgehead atoms. The van der Waals surface area contributed by atoms with Crippen molar-refractivity contribution in [1.82, 2.24) is 9.78 Å². The molecular formula is C12H10ClFN2O3. The van der Waals surface area contributed by atoms with E-state index in [9.17, 15) is 9.18 Å². The van der Waals surface area contributed by atoms with Crippen molar-refractivity contribution in [2.75, 3.05) is 7.11 Å². The number of rotatable bonds is 3. The normalized spacial score (nSPS) is 10.5. The van der Waals surface area contributed by atoms with Crippen LogP contribution in [0.5, 0.6) is 5.75 Å². The maximum atomic E-state index is 13.5. The highest BCUT2D eigenvalue weighted by Gasteiger charge is 2.18. The molecule has 0 aliphatic heterocycles. The number of ether oxygens (including phenoxy) is 1. The molecule has 0 saturated carbocycles. The minimum absolute atomic E-state index is 0.142. The Balaban J connectivity index is 2.65. The lowest BCUT2D eigenvalue weighted by Gasteiger charge is -2.09. The average molecular weight is 285 g/mol. The molecule has 1 aromatic carbocycles. The van der Waals surface area contributed by atoms with E-state index in [1.807, 2.05) is 0 Å². The number of aromatic nitrogens is 2. The van der Waals surface area contributed by atoms with E-state index >= 15 is 0 Å². The molecule has 2 aromatic rings. The van der Waals surface area contributed by atoms with E-state index in [2.05, 4.69) is 5.10 Å². The summed E-state index contributed by atoms with van der Waals surface area (Å²) in [4.78, 5) is 10.9. The van der Waals surface area contributed by atoms with Gasteiger partial charge in [0.1, 0.15) is 11.6 Å². The molecule has 19 heavy (non-hydrogen) atoms. The predicted molar refractivity (Wildman–Crippen MR) is 67.1 cm³/mol. The Kier molecular flexibility index (Phi) is 3.44. The number of hydrogen-bond donors (Lipinski definition) is 1. The largest absolute Gasteiger partial charge is 0.495 e. The van der Waals surface area contributed by atoms with Gasteiger partial charge in [-0.3, -0.25) is 4.68 Å². The van der Waals surface area contributed by atoms with Crippen LogP contribution in [0, 0.1) is 5.82 Å². The first-order valence-corrected chi connectivity index (χ1v) is 5.62. The number of carbonyl (C=O) groups is 1. The fraction of sp³-hybridized carbons (Fsp3) is 0.167. The Labute approximate surface area is 113 Å². The summed E-state index contributed by atoms with van der Waals surface area (Å²) in [5.41, 5.74) is 0.568. The van der Waals surface area contributed by atoms with Gasteiger partial charge in [0.15, 0.2) is 5.69 Å². The summed E-state index contributed by atoms with van der Waals surface area (Å²) in [6, 6.07) is 3.68. The summed E-state index contributed by atoms with van der Waals surface area (Å²) >= 11 is 6.10. The summed E-state index contributed by atoms with van der Waals surface area (Å²) in [6.45, 7) is 0. The van der Waals surface area contributed by atoms with Crippen molar-refractivity contribution >= 4 is 17.6 Å². The van der Waals surface area contributed by atoms with Gasteiger partial charge in [0, 0.05) is 18.7 Å². The number of carboxylic acids is 1. The fourth-order valence-corrected chi connectivity index (χ4v) is 2.01. The first-order valence-electron chi connectivity index (χ1n) is 5.24. The van der Waals surface area contributed by atoms with Gasteiger partial charge >= 0.3 is 5.97 Å². The molecule has 0 aliphatic carbocycles. The number of hydrogen-bond acceptors (Lipinski definition) is 3. The van der Waals surface area contributed by atoms with Crippen molar-refractivity contribution in [1.29, 1.82) is 0 Å². The van der Waals surface area contributed by atoms with Crippen molar-refractivity contribution in [3.8, 4) is 17.0 Å². The molecule has 0 aliphatic rings. The van der Waals surface area contributed by atoms with Crippen LogP contribution in [-0.4, -0.2) is 28.0 Å². The van der Waals surface area contributed by atoms with Crippen LogP contribution in [0.1, 0.15) is 10.5 Å². The zero-order valence-electron chi connectivity index (χ0n) is 10.1. The Hall–Kier alpha value is -2.08. The number of nitrogens with zero attached hydrogens (tertiary/aromatic N) is 2. The molecule has 7 heteroatoms. The topological polar surface area (TPSA) is 64.3 Å². The van der Waals surface area contributed by atoms with Crippen LogP contribution in [-0.2, 0) is 7.05 Å². The van der Waals surface area contributed by atoms with Crippen LogP contribution in [0.25, 0.3) is 11.3 Å². The summed E-state index contributed by atoms with van der Waals surface area (Å²) < 4.78 is 19.8. The van der Waals surface area contributed by atoms with Gasteiger partial charge < -0.3 is 9.84 Å². The first-order chi connectivity index (χ1) is 8.93. The van der Waals surface area contributed by atoms with Gasteiger partial charge in [0.25, 0.3) is 0 Å². The lowest BCUT2D eigenvalue weighted by atomic mass is 10.1. The zero-order valence-corrected chi connectivity index (χ0v) is 10.9. The molecule has 0 fully saturated rings. The number of aromatic carboxylic acids is 1. The van der Waals surface area contributed by atoms with Crippen molar-refractivity contribution in [3.05, 3.63) is 34.7 Å². The predicted octanol–water partition coefficient (Wildman–Crippen LogP) is 2.59. The quantitative estimate of drug-likeness (QED) is 0.941. The maximum Gasteiger partial charge on any atom is 0.356 e. The van der Waals surface area contributed by atoms with Gasteiger partial charge in [-0.25, -0.2) is 9.18 Å². The third-order valence-corrected chi connectivity index (χ3v) is 2.99. The standard InChI is InChI=1S/C12H10ClFN2O3/c1-16-9(5-8(15-16)12(17)18)7-3-6(14)4-10(19-2)11(7)13/h3-5H,1-2H3,(H,17,18). The van der Waals surface area contributed by atoms with E-state index in [-0.39, 0.29) is 16.5 Å². The molecule has 0 unspecified atom stereocenters. The molecule has 0 amide bonds. The van der Waals surface area contributed by atoms with Gasteiger partial charge in [-0.15, -0.1) is 0 Å². The van der Waals surface area contributed by atoms with E-state index in [0.717, 1.165) is 6.07 Å². The van der Waals surface area contributed by atoms with E-state index in [1.165, 1.54) is 23.9 Å². The molecule has 0 atom stereocenters. The molecule has 1 heterocycles. The average Bonchev–Trinajstić information content (AvgIpc) is 2.74. The van der Waals surface area contributed by atoms with E-state index in [4.69, 9.17) is 21.4 Å². The minimum atomic E-state index is -1.17. The highest BCUT2D eigenvalue weighted by atomic mass is 35.5. The van der Waals surface area contributed by atoms with Crippen molar-refractivity contribution in [3.63, 3.8) is 0 Å². The van der Waals surface area contributed by atoms with Crippen LogP contribution in [0.2, 0.25) is 5.02 Å². The second-order valence-corrected chi connectivity index (χ2v) is 4.19. The number of carboxylic acid groups (broad SMARTS) is 1. The van der Waals surface area contributed by atoms with Crippen LogP contribution in [0.15, 0.2) is 18.2 Å². The first kappa shape index (κ1) is 13.4. The number of halogens is 2. The summed E-state index contributed by atoms with van der Waals surface area (Å²) in [6.07, 6.45) is 0. The highest BCUT2D eigenvalue weighted by Crippen LogP contribution is 2.36. The number of aryl methyl sites for hydroxylation is 1. The summed E-state index contributed by atoms with van der Waals surface area (Å²) in [5, 5.41) is 12.9. The molecule has 0 saturated heterocycles. The smallest absolute Gasteiger partial charge is 0.356 e. The Morgan fingerprint density at radius 1 is 1.47 bits per heavy atom. The third-order valence-electron chi connectivity index (χ3n) is 2.60. The number of benzene rings is 1. The Morgan fingerprint density at radius 3 is 2.68 bits per heavy atom. The van der Waals surface area contributed by atoms with Gasteiger partial charge in [0.2, 0.25) is 0 Å². The van der Waals surface area contributed by atoms with Crippen molar-refractivity contribution in [2.24, 2.45) is 7.05 Å². The van der Waals surface area contributed by atoms with Crippen LogP contribution >= 0.6 is 11.6 Å². The van der Waals surface area contributed by atoms with Crippen LogP contribution in [0.4, 0.5) is 4.39 Å². The molecule has 2 rings (SSSR count). The summed E-state index contributed by atoms with van der Waals surface area (Å²) in [5.74, 6) is -1.52. The lowest BCUT2D eigenvalue weighted by Crippen LogP contribution is -1.99. The Bertz CT molecular complexity index is 655. The third kappa shape index (κ3) is 2.39. The van der Waals surface area contributed by atoms with Gasteiger partial charge in [-0.05, 0) is 12.1 Å². The fourth-order valence-electron chi connectivity index (χ4n) is 1.72. The van der Waals surface area contributed by atoms with E-state index in [0.29, 0.717) is 11.3 Å². The van der Waals surface area contributed by atoms with Crippen molar-refractivity contribution in [2.45, 2.75) is 0 Å². The molecule has 0 spiro atoms. The van der Waals surface area contributed by atoms with Gasteiger partial charge in [0.05, 0.1) is 17.8 Å². The highest BCUT2D eigenvalue weighted by molar-refractivity contribution is 6.34. The van der Waals surface area contributed by atoms with Gasteiger partial charge in [-0.2, -0.15) is 5.10 Å². The minimum Gasteiger partial charge on any atom is -0.495 e. The molecule has 0 radical (unpaired) electrons. The zero-order chi connectivity index (χ0) is 14.2. The van der Waals surface area contributed by atoms with Gasteiger partial charge in [-0.1, -0.05) is 11.6 Å². The molecular weight excluding hydrogens is 275 g/mol.